The summed E-state index contributed by atoms with van der Waals surface area (Å²) < 4.78 is 24.7. The van der Waals surface area contributed by atoms with Crippen molar-refractivity contribution in [2.75, 3.05) is 51.0 Å². The van der Waals surface area contributed by atoms with Crippen LogP contribution in [0.15, 0.2) is 54.6 Å². The lowest BCUT2D eigenvalue weighted by Gasteiger charge is -2.35. The number of nitrogen functional groups attached to an aromatic ring is 1. The van der Waals surface area contributed by atoms with Crippen LogP contribution in [-0.4, -0.2) is 66.3 Å². The number of urea groups is 1. The molecule has 0 spiro atoms. The molecule has 1 fully saturated rings. The van der Waals surface area contributed by atoms with Crippen molar-refractivity contribution in [3.63, 3.8) is 0 Å². The minimum Gasteiger partial charge on any atom is -0.493 e. The Morgan fingerprint density at radius 2 is 1.74 bits per heavy atom. The first-order chi connectivity index (χ1) is 18.5. The number of pyridine rings is 1. The van der Waals surface area contributed by atoms with E-state index in [0.29, 0.717) is 60.1 Å². The molecule has 38 heavy (non-hydrogen) atoms. The van der Waals surface area contributed by atoms with Crippen LogP contribution < -0.4 is 25.4 Å². The summed E-state index contributed by atoms with van der Waals surface area (Å²) in [6.07, 6.45) is 0. The third-order valence-electron chi connectivity index (χ3n) is 6.47. The molecule has 0 unspecified atom stereocenters. The Morgan fingerprint density at radius 1 is 0.974 bits per heavy atom. The van der Waals surface area contributed by atoms with E-state index in [0.717, 1.165) is 11.3 Å². The van der Waals surface area contributed by atoms with Gasteiger partial charge in [0, 0.05) is 43.9 Å². The summed E-state index contributed by atoms with van der Waals surface area (Å²) in [6, 6.07) is 15.5. The fourth-order valence-electron chi connectivity index (χ4n) is 4.44. The highest BCUT2D eigenvalue weighted by molar-refractivity contribution is 5.89. The molecule has 3 N–H and O–H groups in total. The lowest BCUT2D eigenvalue weighted by atomic mass is 10.1. The van der Waals surface area contributed by atoms with Gasteiger partial charge in [0.2, 0.25) is 5.95 Å². The van der Waals surface area contributed by atoms with Crippen LogP contribution in [0, 0.1) is 5.82 Å². The van der Waals surface area contributed by atoms with E-state index in [1.165, 1.54) is 6.07 Å². The molecule has 3 heterocycles. The summed E-state index contributed by atoms with van der Waals surface area (Å²) in [5.74, 6) is 1.65. The van der Waals surface area contributed by atoms with E-state index in [4.69, 9.17) is 20.2 Å². The van der Waals surface area contributed by atoms with E-state index in [1.807, 2.05) is 35.2 Å². The van der Waals surface area contributed by atoms with Gasteiger partial charge in [0.15, 0.2) is 17.3 Å². The maximum Gasteiger partial charge on any atom is 0.317 e. The van der Waals surface area contributed by atoms with Crippen molar-refractivity contribution in [3.8, 4) is 22.8 Å². The van der Waals surface area contributed by atoms with E-state index >= 15 is 0 Å². The van der Waals surface area contributed by atoms with Crippen LogP contribution in [-0.2, 0) is 6.54 Å². The zero-order valence-corrected chi connectivity index (χ0v) is 21.1. The van der Waals surface area contributed by atoms with Crippen molar-refractivity contribution < 1.29 is 18.7 Å². The molecule has 2 aromatic carbocycles. The van der Waals surface area contributed by atoms with Crippen molar-refractivity contribution in [1.82, 2.24) is 25.2 Å². The number of fused-ring (bicyclic) bond motifs is 1. The van der Waals surface area contributed by atoms with Gasteiger partial charge in [-0.3, -0.25) is 0 Å². The fraction of sp³-hybridized carbons (Fsp3) is 0.259. The molecule has 0 radical (unpaired) electrons. The molecule has 1 aliphatic heterocycles. The van der Waals surface area contributed by atoms with Gasteiger partial charge in [-0.25, -0.2) is 19.2 Å². The topological polar surface area (TPSA) is 119 Å². The molecule has 0 aliphatic carbocycles. The second-order valence-corrected chi connectivity index (χ2v) is 8.76. The Balaban J connectivity index is 1.34. The summed E-state index contributed by atoms with van der Waals surface area (Å²) in [5, 5.41) is 2.80. The van der Waals surface area contributed by atoms with Gasteiger partial charge >= 0.3 is 6.03 Å². The first-order valence-electron chi connectivity index (χ1n) is 12.1. The Labute approximate surface area is 219 Å². The minimum absolute atomic E-state index is 0.127. The summed E-state index contributed by atoms with van der Waals surface area (Å²) in [7, 11) is 3.18. The molecule has 1 saturated heterocycles. The van der Waals surface area contributed by atoms with Crippen LogP contribution in [0.25, 0.3) is 22.3 Å². The standard InChI is InChI=1S/C27H28FN7O3/c1-37-22-10-7-17(15-23(22)38-2)20-8-9-21-24(31-20)25(33-26(29)32-21)34-11-13-35(14-12-34)27(36)30-16-18-5-3-4-6-19(18)28/h3-10,15H,11-14,16H2,1-2H3,(H,30,36)(H2,29,32,33). The smallest absolute Gasteiger partial charge is 0.317 e. The van der Waals surface area contributed by atoms with Gasteiger partial charge in [-0.15, -0.1) is 0 Å². The SMILES string of the molecule is COc1ccc(-c2ccc3nc(N)nc(N4CCN(C(=O)NCc5ccccc5F)CC4)c3n2)cc1OC. The quantitative estimate of drug-likeness (QED) is 0.399. The van der Waals surface area contributed by atoms with Gasteiger partial charge in [0.05, 0.1) is 25.4 Å². The average molecular weight is 518 g/mol. The number of nitrogens with one attached hydrogen (secondary N) is 1. The number of halogens is 1. The Morgan fingerprint density at radius 3 is 2.47 bits per heavy atom. The Kier molecular flexibility index (Phi) is 7.07. The maximum atomic E-state index is 13.9. The zero-order valence-electron chi connectivity index (χ0n) is 21.1. The Bertz CT molecular complexity index is 1470. The third-order valence-corrected chi connectivity index (χ3v) is 6.47. The van der Waals surface area contributed by atoms with Gasteiger partial charge in [0.25, 0.3) is 0 Å². The normalized spacial score (nSPS) is 13.4. The van der Waals surface area contributed by atoms with Gasteiger partial charge in [0.1, 0.15) is 11.3 Å². The molecule has 10 nitrogen and oxygen atoms in total. The molecule has 2 amide bonds. The lowest BCUT2D eigenvalue weighted by molar-refractivity contribution is 0.193. The van der Waals surface area contributed by atoms with Crippen LogP contribution >= 0.6 is 0 Å². The predicted octanol–water partition coefficient (Wildman–Crippen LogP) is 3.46. The first-order valence-corrected chi connectivity index (χ1v) is 12.1. The van der Waals surface area contributed by atoms with Crippen LogP contribution in [0.1, 0.15) is 5.56 Å². The molecule has 4 aromatic rings. The number of methoxy groups -OCH3 is 2. The monoisotopic (exact) mass is 517 g/mol. The molecule has 2 aromatic heterocycles. The third kappa shape index (κ3) is 5.08. The fourth-order valence-corrected chi connectivity index (χ4v) is 4.44. The largest absolute Gasteiger partial charge is 0.493 e. The number of aromatic nitrogens is 3. The summed E-state index contributed by atoms with van der Waals surface area (Å²) in [6.45, 7) is 2.11. The van der Waals surface area contributed by atoms with Gasteiger partial charge in [-0.05, 0) is 36.4 Å². The van der Waals surface area contributed by atoms with Crippen molar-refractivity contribution in [2.45, 2.75) is 6.54 Å². The highest BCUT2D eigenvalue weighted by Gasteiger charge is 2.24. The number of nitrogens with zero attached hydrogens (tertiary/aromatic N) is 5. The number of amides is 2. The number of hydrogen-bond donors (Lipinski definition) is 2. The summed E-state index contributed by atoms with van der Waals surface area (Å²) in [4.78, 5) is 30.2. The number of carbonyl (C=O) groups excluding carboxylic acids is 1. The van der Waals surface area contributed by atoms with Crippen molar-refractivity contribution >= 4 is 28.8 Å². The summed E-state index contributed by atoms with van der Waals surface area (Å²) >= 11 is 0. The van der Waals surface area contributed by atoms with E-state index in [2.05, 4.69) is 15.3 Å². The van der Waals surface area contributed by atoms with E-state index < -0.39 is 0 Å². The highest BCUT2D eigenvalue weighted by atomic mass is 19.1. The van der Waals surface area contributed by atoms with E-state index in [1.54, 1.807) is 37.3 Å². The molecule has 5 rings (SSSR count). The van der Waals surface area contributed by atoms with E-state index in [9.17, 15) is 9.18 Å². The second-order valence-electron chi connectivity index (χ2n) is 8.76. The predicted molar refractivity (Wildman–Crippen MR) is 143 cm³/mol. The van der Waals surface area contributed by atoms with Crippen molar-refractivity contribution in [1.29, 1.82) is 0 Å². The number of ether oxygens (including phenoxy) is 2. The molecular formula is C27H28FN7O3. The van der Waals surface area contributed by atoms with Crippen LogP contribution in [0.5, 0.6) is 11.5 Å². The molecule has 0 atom stereocenters. The van der Waals surface area contributed by atoms with E-state index in [-0.39, 0.29) is 24.3 Å². The number of benzene rings is 2. The lowest BCUT2D eigenvalue weighted by Crippen LogP contribution is -2.52. The van der Waals surface area contributed by atoms with Gasteiger partial charge in [-0.1, -0.05) is 18.2 Å². The number of hydrogen-bond acceptors (Lipinski definition) is 8. The van der Waals surface area contributed by atoms with Gasteiger partial charge in [-0.2, -0.15) is 4.98 Å². The number of nitrogens with two attached hydrogens (primary N) is 1. The Hall–Kier alpha value is -4.67. The minimum atomic E-state index is -0.342. The first kappa shape index (κ1) is 25.0. The van der Waals surface area contributed by atoms with Crippen molar-refractivity contribution in [3.05, 3.63) is 66.0 Å². The van der Waals surface area contributed by atoms with Crippen LogP contribution in [0.3, 0.4) is 0 Å². The number of rotatable bonds is 6. The maximum absolute atomic E-state index is 13.9. The summed E-state index contributed by atoms with van der Waals surface area (Å²) in [5.41, 5.74) is 9.28. The molecule has 0 saturated carbocycles. The average Bonchev–Trinajstić information content (AvgIpc) is 2.95. The molecule has 0 bridgehead atoms. The molecule has 11 heteroatoms. The van der Waals surface area contributed by atoms with Crippen LogP contribution in [0.4, 0.5) is 21.0 Å². The second kappa shape index (κ2) is 10.8. The molecule has 1 aliphatic rings. The molecular weight excluding hydrogens is 489 g/mol. The number of piperazine rings is 1. The van der Waals surface area contributed by atoms with Crippen molar-refractivity contribution in [2.24, 2.45) is 0 Å². The molecule has 196 valence electrons. The zero-order chi connectivity index (χ0) is 26.6. The van der Waals surface area contributed by atoms with Gasteiger partial charge < -0.3 is 30.3 Å². The van der Waals surface area contributed by atoms with Crippen LogP contribution in [0.2, 0.25) is 0 Å². The number of anilines is 2. The highest BCUT2D eigenvalue weighted by Crippen LogP contribution is 2.33. The number of carbonyl (C=O) groups is 1.